The maximum atomic E-state index is 12.8. The van der Waals surface area contributed by atoms with Gasteiger partial charge >= 0.3 is 0 Å². The normalized spacial score (nSPS) is 16.5. The van der Waals surface area contributed by atoms with E-state index in [1.54, 1.807) is 4.90 Å². The van der Waals surface area contributed by atoms with Crippen LogP contribution in [0.3, 0.4) is 0 Å². The van der Waals surface area contributed by atoms with Crippen molar-refractivity contribution in [3.63, 3.8) is 0 Å². The van der Waals surface area contributed by atoms with Gasteiger partial charge in [-0.3, -0.25) is 4.79 Å². The molecule has 29 heavy (non-hydrogen) atoms. The minimum Gasteiger partial charge on any atom is -0.337 e. The summed E-state index contributed by atoms with van der Waals surface area (Å²) in [5, 5.41) is 7.88. The number of hydrogen-bond acceptors (Lipinski definition) is 3. The fourth-order valence-corrected chi connectivity index (χ4v) is 3.94. The number of carbonyl (C=O) groups is 1. The van der Waals surface area contributed by atoms with Gasteiger partial charge in [-0.1, -0.05) is 30.3 Å². The molecule has 0 radical (unpaired) electrons. The highest BCUT2D eigenvalue weighted by Crippen LogP contribution is 2.18. The highest BCUT2D eigenvalue weighted by atomic mass is 16.2. The molecular weight excluding hydrogens is 360 g/mol. The summed E-state index contributed by atoms with van der Waals surface area (Å²) in [7, 11) is 1.84. The monoisotopic (exact) mass is 388 g/mol. The molecule has 3 aromatic rings. The van der Waals surface area contributed by atoms with Gasteiger partial charge in [-0.15, -0.1) is 0 Å². The first-order valence-corrected chi connectivity index (χ1v) is 10.3. The molecule has 5 heteroatoms. The molecule has 5 nitrogen and oxygen atoms in total. The van der Waals surface area contributed by atoms with Crippen LogP contribution in [0.4, 0.5) is 0 Å². The summed E-state index contributed by atoms with van der Waals surface area (Å²) < 4.78 is 1.84. The maximum Gasteiger partial charge on any atom is 0.253 e. The van der Waals surface area contributed by atoms with E-state index in [2.05, 4.69) is 22.5 Å². The Kier molecular flexibility index (Phi) is 6.06. The van der Waals surface area contributed by atoms with Crippen LogP contribution in [0.5, 0.6) is 0 Å². The first-order valence-electron chi connectivity index (χ1n) is 10.3. The van der Waals surface area contributed by atoms with Crippen molar-refractivity contribution >= 4 is 5.91 Å². The van der Waals surface area contributed by atoms with Gasteiger partial charge in [-0.2, -0.15) is 5.10 Å². The Morgan fingerprint density at radius 2 is 1.93 bits per heavy atom. The quantitative estimate of drug-likeness (QED) is 0.701. The summed E-state index contributed by atoms with van der Waals surface area (Å²) in [6.07, 6.45) is 7.41. The van der Waals surface area contributed by atoms with Crippen molar-refractivity contribution in [2.45, 2.75) is 25.8 Å². The molecule has 1 atom stereocenters. The third kappa shape index (κ3) is 4.93. The van der Waals surface area contributed by atoms with Crippen LogP contribution in [0, 0.1) is 5.92 Å². The number of piperidine rings is 1. The second-order valence-corrected chi connectivity index (χ2v) is 7.90. The minimum atomic E-state index is 0.0309. The van der Waals surface area contributed by atoms with Crippen LogP contribution in [0.25, 0.3) is 5.69 Å². The van der Waals surface area contributed by atoms with E-state index in [1.807, 2.05) is 66.6 Å². The van der Waals surface area contributed by atoms with E-state index in [0.717, 1.165) is 36.3 Å². The predicted molar refractivity (Wildman–Crippen MR) is 115 cm³/mol. The van der Waals surface area contributed by atoms with Gasteiger partial charge < -0.3 is 10.2 Å². The van der Waals surface area contributed by atoms with Gasteiger partial charge in [0.25, 0.3) is 5.91 Å². The van der Waals surface area contributed by atoms with Gasteiger partial charge in [-0.05, 0) is 68.1 Å². The van der Waals surface area contributed by atoms with Gasteiger partial charge in [-0.25, -0.2) is 4.68 Å². The van der Waals surface area contributed by atoms with E-state index in [1.165, 1.54) is 18.4 Å². The molecule has 2 heterocycles. The van der Waals surface area contributed by atoms with Crippen molar-refractivity contribution in [3.8, 4) is 5.69 Å². The van der Waals surface area contributed by atoms with Gasteiger partial charge in [0, 0.05) is 30.9 Å². The zero-order valence-electron chi connectivity index (χ0n) is 16.9. The molecule has 0 unspecified atom stereocenters. The Morgan fingerprint density at radius 3 is 2.66 bits per heavy atom. The Labute approximate surface area is 172 Å². The molecule has 4 rings (SSSR count). The molecule has 150 valence electrons. The van der Waals surface area contributed by atoms with E-state index in [0.29, 0.717) is 12.5 Å². The van der Waals surface area contributed by atoms with Gasteiger partial charge in [0.05, 0.1) is 11.9 Å². The summed E-state index contributed by atoms with van der Waals surface area (Å²) in [5.74, 6) is 0.734. The fourth-order valence-electron chi connectivity index (χ4n) is 3.94. The second kappa shape index (κ2) is 9.05. The molecule has 0 bridgehead atoms. The summed E-state index contributed by atoms with van der Waals surface area (Å²) >= 11 is 0. The van der Waals surface area contributed by atoms with Crippen molar-refractivity contribution in [1.82, 2.24) is 20.0 Å². The average molecular weight is 389 g/mol. The number of carbonyl (C=O) groups excluding carboxylic acids is 1. The number of para-hydroxylation sites is 1. The van der Waals surface area contributed by atoms with Crippen molar-refractivity contribution < 1.29 is 4.79 Å². The number of rotatable bonds is 6. The van der Waals surface area contributed by atoms with E-state index in [9.17, 15) is 4.79 Å². The first kappa shape index (κ1) is 19.4. The molecule has 1 fully saturated rings. The minimum absolute atomic E-state index is 0.0309. The lowest BCUT2D eigenvalue weighted by atomic mass is 9.92. The summed E-state index contributed by atoms with van der Waals surface area (Å²) in [6.45, 7) is 2.77. The molecule has 1 aromatic heterocycles. The van der Waals surface area contributed by atoms with Crippen LogP contribution in [0.2, 0.25) is 0 Å². The van der Waals surface area contributed by atoms with Crippen LogP contribution in [0.1, 0.15) is 34.3 Å². The van der Waals surface area contributed by atoms with Crippen LogP contribution in [-0.4, -0.2) is 40.7 Å². The zero-order valence-corrected chi connectivity index (χ0v) is 16.9. The zero-order chi connectivity index (χ0) is 20.1. The Balaban J connectivity index is 1.36. The topological polar surface area (TPSA) is 50.2 Å². The predicted octanol–water partition coefficient (Wildman–Crippen LogP) is 3.69. The summed E-state index contributed by atoms with van der Waals surface area (Å²) in [6, 6.07) is 18.1. The van der Waals surface area contributed by atoms with Gasteiger partial charge in [0.15, 0.2) is 0 Å². The van der Waals surface area contributed by atoms with Gasteiger partial charge in [0.1, 0.15) is 0 Å². The molecule has 1 aliphatic heterocycles. The fraction of sp³-hybridized carbons (Fsp3) is 0.333. The number of hydrogen-bond donors (Lipinski definition) is 1. The number of nitrogens with one attached hydrogen (secondary N) is 1. The average Bonchev–Trinajstić information content (AvgIpc) is 3.23. The number of amides is 1. The molecule has 0 spiro atoms. The van der Waals surface area contributed by atoms with Crippen LogP contribution < -0.4 is 5.32 Å². The third-order valence-corrected chi connectivity index (χ3v) is 5.55. The highest BCUT2D eigenvalue weighted by molar-refractivity contribution is 5.94. The van der Waals surface area contributed by atoms with E-state index in [-0.39, 0.29) is 5.91 Å². The van der Waals surface area contributed by atoms with Gasteiger partial charge in [0.2, 0.25) is 0 Å². The van der Waals surface area contributed by atoms with Crippen LogP contribution >= 0.6 is 0 Å². The molecule has 0 saturated carbocycles. The SMILES string of the molecule is CN(Cc1cnn(-c2ccccc2)c1)C(=O)c1ccc(C[C@H]2CCCNC2)cc1. The smallest absolute Gasteiger partial charge is 0.253 e. The molecule has 1 N–H and O–H groups in total. The lowest BCUT2D eigenvalue weighted by molar-refractivity contribution is 0.0785. The van der Waals surface area contributed by atoms with Crippen molar-refractivity contribution in [3.05, 3.63) is 83.7 Å². The van der Waals surface area contributed by atoms with Crippen molar-refractivity contribution in [2.24, 2.45) is 5.92 Å². The number of nitrogens with zero attached hydrogens (tertiary/aromatic N) is 3. The van der Waals surface area contributed by atoms with Crippen LogP contribution in [0.15, 0.2) is 67.0 Å². The first-order chi connectivity index (χ1) is 14.2. The summed E-state index contributed by atoms with van der Waals surface area (Å²) in [5.41, 5.74) is 4.05. The third-order valence-electron chi connectivity index (χ3n) is 5.55. The largest absolute Gasteiger partial charge is 0.337 e. The van der Waals surface area contributed by atoms with Crippen LogP contribution in [-0.2, 0) is 13.0 Å². The van der Waals surface area contributed by atoms with E-state index in [4.69, 9.17) is 0 Å². The molecule has 2 aromatic carbocycles. The lowest BCUT2D eigenvalue weighted by Gasteiger charge is -2.22. The van der Waals surface area contributed by atoms with E-state index < -0.39 is 0 Å². The number of aromatic nitrogens is 2. The number of benzene rings is 2. The standard InChI is InChI=1S/C24H28N4O/c1-27(17-21-16-26-28(18-21)23-7-3-2-4-8-23)24(29)22-11-9-19(10-12-22)14-20-6-5-13-25-15-20/h2-4,7-12,16,18,20,25H,5-6,13-15,17H2,1H3/t20-/m1/s1. The highest BCUT2D eigenvalue weighted by Gasteiger charge is 2.16. The molecule has 0 aliphatic carbocycles. The molecular formula is C24H28N4O. The second-order valence-electron chi connectivity index (χ2n) is 7.90. The van der Waals surface area contributed by atoms with Crippen molar-refractivity contribution in [1.29, 1.82) is 0 Å². The Morgan fingerprint density at radius 1 is 1.14 bits per heavy atom. The summed E-state index contributed by atoms with van der Waals surface area (Å²) in [4.78, 5) is 14.6. The molecule has 1 amide bonds. The van der Waals surface area contributed by atoms with Crippen molar-refractivity contribution in [2.75, 3.05) is 20.1 Å². The maximum absolute atomic E-state index is 12.8. The molecule has 1 aliphatic rings. The Hall–Kier alpha value is -2.92. The Bertz CT molecular complexity index is 927. The molecule has 1 saturated heterocycles. The lowest BCUT2D eigenvalue weighted by Crippen LogP contribution is -2.30. The van der Waals surface area contributed by atoms with E-state index >= 15 is 0 Å².